The lowest BCUT2D eigenvalue weighted by molar-refractivity contribution is -0.126. The zero-order valence-corrected chi connectivity index (χ0v) is 15.2. The van der Waals surface area contributed by atoms with Crippen molar-refractivity contribution in [3.63, 3.8) is 0 Å². The first-order chi connectivity index (χ1) is 11.8. The fourth-order valence-corrected chi connectivity index (χ4v) is 2.26. The summed E-state index contributed by atoms with van der Waals surface area (Å²) < 4.78 is 5.61. The van der Waals surface area contributed by atoms with Gasteiger partial charge in [-0.15, -0.1) is 0 Å². The van der Waals surface area contributed by atoms with Gasteiger partial charge in [0.2, 0.25) is 0 Å². The number of carbonyl (C=O) groups is 1. The maximum absolute atomic E-state index is 12.2. The van der Waals surface area contributed by atoms with Crippen LogP contribution in [0, 0.1) is 0 Å². The molecule has 0 aliphatic carbocycles. The van der Waals surface area contributed by atoms with Crippen LogP contribution in [0.15, 0.2) is 48.5 Å². The molecule has 1 atom stereocenters. The molecule has 0 saturated heterocycles. The molecule has 0 heterocycles. The SMILES string of the molecule is CC(Oc1cccc(CO)c1)C(=O)NNc1ccc(C(C)(C)C)cc1. The van der Waals surface area contributed by atoms with Gasteiger partial charge in [-0.1, -0.05) is 45.0 Å². The van der Waals surface area contributed by atoms with Gasteiger partial charge in [0.15, 0.2) is 6.10 Å². The summed E-state index contributed by atoms with van der Waals surface area (Å²) in [7, 11) is 0. The summed E-state index contributed by atoms with van der Waals surface area (Å²) in [5.41, 5.74) is 8.39. The van der Waals surface area contributed by atoms with E-state index in [0.29, 0.717) is 5.75 Å². The molecular weight excluding hydrogens is 316 g/mol. The second kappa shape index (κ2) is 8.03. The van der Waals surface area contributed by atoms with Gasteiger partial charge in [-0.25, -0.2) is 0 Å². The van der Waals surface area contributed by atoms with Gasteiger partial charge in [0.1, 0.15) is 5.75 Å². The quantitative estimate of drug-likeness (QED) is 0.704. The Kier molecular flexibility index (Phi) is 6.04. The van der Waals surface area contributed by atoms with Gasteiger partial charge in [0.25, 0.3) is 5.91 Å². The maximum Gasteiger partial charge on any atom is 0.279 e. The van der Waals surface area contributed by atoms with Crippen LogP contribution in [0.3, 0.4) is 0 Å². The molecule has 0 saturated carbocycles. The number of rotatable bonds is 6. The van der Waals surface area contributed by atoms with Crippen molar-refractivity contribution in [2.45, 2.75) is 45.8 Å². The number of aliphatic hydroxyl groups excluding tert-OH is 1. The van der Waals surface area contributed by atoms with Crippen molar-refractivity contribution in [3.05, 3.63) is 59.7 Å². The van der Waals surface area contributed by atoms with Gasteiger partial charge in [-0.2, -0.15) is 0 Å². The average molecular weight is 342 g/mol. The van der Waals surface area contributed by atoms with E-state index in [1.54, 1.807) is 31.2 Å². The fourth-order valence-electron chi connectivity index (χ4n) is 2.26. The van der Waals surface area contributed by atoms with Gasteiger partial charge in [0.05, 0.1) is 12.3 Å². The van der Waals surface area contributed by atoms with Crippen LogP contribution in [0.5, 0.6) is 5.75 Å². The highest BCUT2D eigenvalue weighted by atomic mass is 16.5. The minimum Gasteiger partial charge on any atom is -0.481 e. The van der Waals surface area contributed by atoms with Crippen molar-refractivity contribution < 1.29 is 14.6 Å². The highest BCUT2D eigenvalue weighted by Gasteiger charge is 2.15. The smallest absolute Gasteiger partial charge is 0.279 e. The molecule has 0 aliphatic rings. The minimum atomic E-state index is -0.671. The summed E-state index contributed by atoms with van der Waals surface area (Å²) >= 11 is 0. The maximum atomic E-state index is 12.2. The lowest BCUT2D eigenvalue weighted by Gasteiger charge is -2.20. The minimum absolute atomic E-state index is 0.0656. The lowest BCUT2D eigenvalue weighted by atomic mass is 9.87. The zero-order chi connectivity index (χ0) is 18.4. The van der Waals surface area contributed by atoms with Crippen LogP contribution in [-0.4, -0.2) is 17.1 Å². The van der Waals surface area contributed by atoms with Gasteiger partial charge in [-0.3, -0.25) is 15.6 Å². The van der Waals surface area contributed by atoms with Crippen LogP contribution in [-0.2, 0) is 16.8 Å². The summed E-state index contributed by atoms with van der Waals surface area (Å²) in [5.74, 6) is 0.262. The zero-order valence-electron chi connectivity index (χ0n) is 15.2. The third kappa shape index (κ3) is 5.50. The topological polar surface area (TPSA) is 70.6 Å². The van der Waals surface area contributed by atoms with E-state index in [0.717, 1.165) is 11.3 Å². The van der Waals surface area contributed by atoms with Crippen molar-refractivity contribution >= 4 is 11.6 Å². The number of hydrazine groups is 1. The Bertz CT molecular complexity index is 706. The second-order valence-corrected chi connectivity index (χ2v) is 7.01. The van der Waals surface area contributed by atoms with Crippen LogP contribution in [0.25, 0.3) is 0 Å². The van der Waals surface area contributed by atoms with Gasteiger partial charge >= 0.3 is 0 Å². The van der Waals surface area contributed by atoms with E-state index in [1.807, 2.05) is 24.3 Å². The number of ether oxygens (including phenoxy) is 1. The molecule has 25 heavy (non-hydrogen) atoms. The van der Waals surface area contributed by atoms with E-state index in [9.17, 15) is 4.79 Å². The molecule has 0 spiro atoms. The van der Waals surface area contributed by atoms with Crippen molar-refractivity contribution in [2.75, 3.05) is 5.43 Å². The van der Waals surface area contributed by atoms with E-state index in [2.05, 4.69) is 31.6 Å². The summed E-state index contributed by atoms with van der Waals surface area (Å²) in [6.45, 7) is 8.07. The number of nitrogens with one attached hydrogen (secondary N) is 2. The Hall–Kier alpha value is -2.53. The van der Waals surface area contributed by atoms with Crippen molar-refractivity contribution in [3.8, 4) is 5.75 Å². The van der Waals surface area contributed by atoms with Crippen molar-refractivity contribution in [1.29, 1.82) is 0 Å². The largest absolute Gasteiger partial charge is 0.481 e. The molecule has 0 bridgehead atoms. The number of aliphatic hydroxyl groups is 1. The summed E-state index contributed by atoms with van der Waals surface area (Å²) in [5, 5.41) is 9.14. The summed E-state index contributed by atoms with van der Waals surface area (Å²) in [6.07, 6.45) is -0.671. The molecule has 1 unspecified atom stereocenters. The number of hydrogen-bond acceptors (Lipinski definition) is 4. The monoisotopic (exact) mass is 342 g/mol. The standard InChI is InChI=1S/C20H26N2O3/c1-14(25-18-7-5-6-15(12-18)13-23)19(24)22-21-17-10-8-16(9-11-17)20(2,3)4/h5-12,14,21,23H,13H2,1-4H3,(H,22,24). The Labute approximate surface area is 149 Å². The molecule has 0 fully saturated rings. The number of anilines is 1. The fraction of sp³-hybridized carbons (Fsp3) is 0.350. The van der Waals surface area contributed by atoms with Crippen molar-refractivity contribution in [1.82, 2.24) is 5.43 Å². The number of hydrogen-bond donors (Lipinski definition) is 3. The highest BCUT2D eigenvalue weighted by Crippen LogP contribution is 2.23. The number of benzene rings is 2. The normalized spacial score (nSPS) is 12.4. The lowest BCUT2D eigenvalue weighted by Crippen LogP contribution is -2.39. The molecule has 2 aromatic rings. The summed E-state index contributed by atoms with van der Waals surface area (Å²) in [4.78, 5) is 12.2. The third-order valence-corrected chi connectivity index (χ3v) is 3.84. The number of carbonyl (C=O) groups excluding carboxylic acids is 1. The number of amides is 1. The van der Waals surface area contributed by atoms with Crippen LogP contribution < -0.4 is 15.6 Å². The molecule has 0 radical (unpaired) electrons. The molecule has 5 nitrogen and oxygen atoms in total. The molecule has 0 aliphatic heterocycles. The molecular formula is C20H26N2O3. The highest BCUT2D eigenvalue weighted by molar-refractivity contribution is 5.81. The van der Waals surface area contributed by atoms with Gasteiger partial charge in [0, 0.05) is 0 Å². The van der Waals surface area contributed by atoms with Gasteiger partial charge < -0.3 is 9.84 Å². The van der Waals surface area contributed by atoms with Crippen LogP contribution >= 0.6 is 0 Å². The molecule has 134 valence electrons. The molecule has 5 heteroatoms. The first-order valence-corrected chi connectivity index (χ1v) is 8.32. The predicted octanol–water partition coefficient (Wildman–Crippen LogP) is 3.39. The third-order valence-electron chi connectivity index (χ3n) is 3.84. The molecule has 3 N–H and O–H groups in total. The van der Waals surface area contributed by atoms with E-state index >= 15 is 0 Å². The van der Waals surface area contributed by atoms with Crippen molar-refractivity contribution in [2.24, 2.45) is 0 Å². The van der Waals surface area contributed by atoms with Gasteiger partial charge in [-0.05, 0) is 47.7 Å². The molecule has 2 aromatic carbocycles. The van der Waals surface area contributed by atoms with Crippen LogP contribution in [0.4, 0.5) is 5.69 Å². The van der Waals surface area contributed by atoms with E-state index < -0.39 is 6.10 Å². The van der Waals surface area contributed by atoms with E-state index in [1.165, 1.54) is 5.56 Å². The Morgan fingerprint density at radius 1 is 1.16 bits per heavy atom. The predicted molar refractivity (Wildman–Crippen MR) is 99.4 cm³/mol. The van der Waals surface area contributed by atoms with E-state index in [-0.39, 0.29) is 17.9 Å². The first-order valence-electron chi connectivity index (χ1n) is 8.32. The Morgan fingerprint density at radius 2 is 1.84 bits per heavy atom. The Morgan fingerprint density at radius 3 is 2.44 bits per heavy atom. The molecule has 0 aromatic heterocycles. The first kappa shape index (κ1) is 18.8. The Balaban J connectivity index is 1.88. The second-order valence-electron chi connectivity index (χ2n) is 7.01. The average Bonchev–Trinajstić information content (AvgIpc) is 2.59. The molecule has 1 amide bonds. The van der Waals surface area contributed by atoms with Crippen LogP contribution in [0.2, 0.25) is 0 Å². The van der Waals surface area contributed by atoms with Crippen LogP contribution in [0.1, 0.15) is 38.8 Å². The van der Waals surface area contributed by atoms with E-state index in [4.69, 9.17) is 9.84 Å². The summed E-state index contributed by atoms with van der Waals surface area (Å²) in [6, 6.07) is 15.0. The molecule has 2 rings (SSSR count).